The number of amides is 1. The second kappa shape index (κ2) is 6.54. The number of anilines is 2. The van der Waals surface area contributed by atoms with E-state index >= 15 is 0 Å². The first-order valence-corrected chi connectivity index (χ1v) is 9.01. The number of nitrogens with zero attached hydrogens (tertiary/aromatic N) is 1. The van der Waals surface area contributed by atoms with Crippen molar-refractivity contribution >= 4 is 44.8 Å². The van der Waals surface area contributed by atoms with Gasteiger partial charge in [0.25, 0.3) is 5.91 Å². The monoisotopic (exact) mass is 412 g/mol. The maximum atomic E-state index is 13.3. The van der Waals surface area contributed by atoms with Gasteiger partial charge in [-0.25, -0.2) is 0 Å². The molecule has 5 heteroatoms. The standard InChI is InChI=1S/C20H14BrClN2O/c21-17-10-3-1-8-15(17)19-23-18-11-4-2-9-16(18)20(25)24(19)14-7-5-6-13(22)12-14/h1-12,19,23H/t19-/m0/s1. The highest BCUT2D eigenvalue weighted by atomic mass is 79.9. The summed E-state index contributed by atoms with van der Waals surface area (Å²) >= 11 is 9.77. The van der Waals surface area contributed by atoms with Gasteiger partial charge >= 0.3 is 0 Å². The SMILES string of the molecule is O=C1c2ccccc2N[C@H](c2ccccc2Br)N1c1cccc(Cl)c1. The van der Waals surface area contributed by atoms with Gasteiger partial charge in [0, 0.05) is 26.4 Å². The quantitative estimate of drug-likeness (QED) is 0.569. The fraction of sp³-hybridized carbons (Fsp3) is 0.0500. The van der Waals surface area contributed by atoms with Crippen molar-refractivity contribution in [2.75, 3.05) is 10.2 Å². The topological polar surface area (TPSA) is 32.3 Å². The summed E-state index contributed by atoms with van der Waals surface area (Å²) in [6.07, 6.45) is -0.337. The van der Waals surface area contributed by atoms with Gasteiger partial charge in [0.15, 0.2) is 0 Å². The number of halogens is 2. The molecule has 1 heterocycles. The molecule has 3 aromatic rings. The van der Waals surface area contributed by atoms with Crippen molar-refractivity contribution in [2.45, 2.75) is 6.17 Å². The fourth-order valence-electron chi connectivity index (χ4n) is 3.06. The molecule has 0 spiro atoms. The van der Waals surface area contributed by atoms with E-state index in [2.05, 4.69) is 21.2 Å². The Morgan fingerprint density at radius 1 is 0.960 bits per heavy atom. The molecule has 0 saturated heterocycles. The van der Waals surface area contributed by atoms with Crippen LogP contribution in [0.25, 0.3) is 0 Å². The van der Waals surface area contributed by atoms with Crippen molar-refractivity contribution in [3.63, 3.8) is 0 Å². The minimum Gasteiger partial charge on any atom is -0.360 e. The molecule has 4 rings (SSSR count). The third-order valence-electron chi connectivity index (χ3n) is 4.21. The lowest BCUT2D eigenvalue weighted by Gasteiger charge is -2.38. The van der Waals surface area contributed by atoms with E-state index in [4.69, 9.17) is 11.6 Å². The molecule has 0 aliphatic carbocycles. The average molecular weight is 414 g/mol. The first-order chi connectivity index (χ1) is 12.1. The zero-order valence-electron chi connectivity index (χ0n) is 13.1. The predicted molar refractivity (Wildman–Crippen MR) is 105 cm³/mol. The number of fused-ring (bicyclic) bond motifs is 1. The van der Waals surface area contributed by atoms with E-state index in [0.717, 1.165) is 21.4 Å². The first-order valence-electron chi connectivity index (χ1n) is 7.84. The highest BCUT2D eigenvalue weighted by molar-refractivity contribution is 9.10. The Labute approximate surface area is 159 Å². The highest BCUT2D eigenvalue weighted by Gasteiger charge is 2.34. The fourth-order valence-corrected chi connectivity index (χ4v) is 3.75. The number of hydrogen-bond donors (Lipinski definition) is 1. The highest BCUT2D eigenvalue weighted by Crippen LogP contribution is 2.39. The van der Waals surface area contributed by atoms with Gasteiger partial charge in [0.2, 0.25) is 0 Å². The van der Waals surface area contributed by atoms with Crippen molar-refractivity contribution in [1.29, 1.82) is 0 Å². The Hall–Kier alpha value is -2.30. The summed E-state index contributed by atoms with van der Waals surface area (Å²) < 4.78 is 0.937. The van der Waals surface area contributed by atoms with E-state index in [1.807, 2.05) is 60.7 Å². The molecule has 0 bridgehead atoms. The summed E-state index contributed by atoms with van der Waals surface area (Å²) in [5.74, 6) is -0.0580. The molecule has 0 saturated carbocycles. The Morgan fingerprint density at radius 3 is 2.52 bits per heavy atom. The molecule has 124 valence electrons. The van der Waals surface area contributed by atoms with Crippen LogP contribution >= 0.6 is 27.5 Å². The van der Waals surface area contributed by atoms with E-state index in [9.17, 15) is 4.79 Å². The summed E-state index contributed by atoms with van der Waals surface area (Å²) in [5.41, 5.74) is 3.20. The van der Waals surface area contributed by atoms with Crippen LogP contribution in [-0.4, -0.2) is 5.91 Å². The van der Waals surface area contributed by atoms with Gasteiger partial charge in [-0.2, -0.15) is 0 Å². The third kappa shape index (κ3) is 2.92. The van der Waals surface area contributed by atoms with Crippen LogP contribution in [0.4, 0.5) is 11.4 Å². The van der Waals surface area contributed by atoms with Crippen molar-refractivity contribution in [1.82, 2.24) is 0 Å². The van der Waals surface area contributed by atoms with Gasteiger partial charge < -0.3 is 5.32 Å². The molecule has 25 heavy (non-hydrogen) atoms. The van der Waals surface area contributed by atoms with Crippen molar-refractivity contribution in [2.24, 2.45) is 0 Å². The number of para-hydroxylation sites is 1. The summed E-state index contributed by atoms with van der Waals surface area (Å²) in [6.45, 7) is 0. The van der Waals surface area contributed by atoms with Gasteiger partial charge in [0.1, 0.15) is 6.17 Å². The van der Waals surface area contributed by atoms with Crippen LogP contribution in [0.2, 0.25) is 5.02 Å². The molecule has 1 amide bonds. The zero-order chi connectivity index (χ0) is 17.4. The van der Waals surface area contributed by atoms with Crippen molar-refractivity contribution < 1.29 is 4.79 Å². The van der Waals surface area contributed by atoms with Gasteiger partial charge in [-0.15, -0.1) is 0 Å². The minimum atomic E-state index is -0.337. The van der Waals surface area contributed by atoms with E-state index in [1.54, 1.807) is 17.0 Å². The van der Waals surface area contributed by atoms with Crippen LogP contribution < -0.4 is 10.2 Å². The molecule has 3 nitrogen and oxygen atoms in total. The van der Waals surface area contributed by atoms with Crippen LogP contribution in [0.15, 0.2) is 77.3 Å². The summed E-state index contributed by atoms with van der Waals surface area (Å²) in [5, 5.41) is 4.08. The van der Waals surface area contributed by atoms with Gasteiger partial charge in [-0.3, -0.25) is 9.69 Å². The second-order valence-corrected chi connectivity index (χ2v) is 7.06. The Balaban J connectivity index is 1.90. The molecule has 1 atom stereocenters. The predicted octanol–water partition coefficient (Wildman–Crippen LogP) is 5.87. The van der Waals surface area contributed by atoms with E-state index < -0.39 is 0 Å². The first kappa shape index (κ1) is 16.2. The van der Waals surface area contributed by atoms with Crippen LogP contribution in [0.1, 0.15) is 22.1 Å². The molecule has 0 radical (unpaired) electrons. The number of hydrogen-bond acceptors (Lipinski definition) is 2. The number of carbonyl (C=O) groups is 1. The van der Waals surface area contributed by atoms with Crippen LogP contribution in [0.3, 0.4) is 0 Å². The van der Waals surface area contributed by atoms with Crippen LogP contribution in [0, 0.1) is 0 Å². The van der Waals surface area contributed by atoms with E-state index in [0.29, 0.717) is 10.6 Å². The Bertz CT molecular complexity index is 960. The number of rotatable bonds is 2. The molecule has 1 aliphatic heterocycles. The lowest BCUT2D eigenvalue weighted by Crippen LogP contribution is -2.43. The normalized spacial score (nSPS) is 16.3. The van der Waals surface area contributed by atoms with E-state index in [-0.39, 0.29) is 12.1 Å². The molecular formula is C20H14BrClN2O. The molecule has 1 aliphatic rings. The largest absolute Gasteiger partial charge is 0.360 e. The molecule has 0 fully saturated rings. The third-order valence-corrected chi connectivity index (χ3v) is 5.17. The van der Waals surface area contributed by atoms with Crippen LogP contribution in [-0.2, 0) is 0 Å². The minimum absolute atomic E-state index is 0.0580. The molecule has 0 unspecified atom stereocenters. The molecular weight excluding hydrogens is 400 g/mol. The molecule has 1 N–H and O–H groups in total. The number of benzene rings is 3. The van der Waals surface area contributed by atoms with Gasteiger partial charge in [-0.1, -0.05) is 63.9 Å². The maximum Gasteiger partial charge on any atom is 0.262 e. The Morgan fingerprint density at radius 2 is 1.72 bits per heavy atom. The summed E-state index contributed by atoms with van der Waals surface area (Å²) in [7, 11) is 0. The van der Waals surface area contributed by atoms with Gasteiger partial charge in [0.05, 0.1) is 5.56 Å². The van der Waals surface area contributed by atoms with Crippen LogP contribution in [0.5, 0.6) is 0 Å². The number of nitrogens with one attached hydrogen (secondary N) is 1. The van der Waals surface area contributed by atoms with Crippen molar-refractivity contribution in [3.8, 4) is 0 Å². The average Bonchev–Trinajstić information content (AvgIpc) is 2.62. The zero-order valence-corrected chi connectivity index (χ0v) is 15.5. The van der Waals surface area contributed by atoms with Crippen molar-refractivity contribution in [3.05, 3.63) is 93.4 Å². The molecule has 0 aromatic heterocycles. The second-order valence-electron chi connectivity index (χ2n) is 5.77. The Kier molecular flexibility index (Phi) is 4.24. The van der Waals surface area contributed by atoms with E-state index in [1.165, 1.54) is 0 Å². The summed E-state index contributed by atoms with van der Waals surface area (Å²) in [4.78, 5) is 15.0. The molecule has 3 aromatic carbocycles. The maximum absolute atomic E-state index is 13.3. The number of carbonyl (C=O) groups excluding carboxylic acids is 1. The summed E-state index contributed by atoms with van der Waals surface area (Å²) in [6, 6.07) is 22.8. The lowest BCUT2D eigenvalue weighted by molar-refractivity contribution is 0.0975. The van der Waals surface area contributed by atoms with Gasteiger partial charge in [-0.05, 0) is 36.4 Å². The lowest BCUT2D eigenvalue weighted by atomic mass is 10.0. The smallest absolute Gasteiger partial charge is 0.262 e.